The van der Waals surface area contributed by atoms with E-state index in [-0.39, 0.29) is 12.2 Å². The van der Waals surface area contributed by atoms with Crippen molar-refractivity contribution in [1.29, 1.82) is 0 Å². The number of aliphatic hydroxyl groups excluding tert-OH is 1. The SMILES string of the molecule is O[C@H]1CC(CC2CCCCC2)Oc2ccccc21. The lowest BCUT2D eigenvalue weighted by atomic mass is 9.83. The van der Waals surface area contributed by atoms with Crippen LogP contribution in [0.2, 0.25) is 0 Å². The summed E-state index contributed by atoms with van der Waals surface area (Å²) in [6.07, 6.45) is 8.57. The number of hydrogen-bond donors (Lipinski definition) is 1. The second kappa shape index (κ2) is 5.31. The maximum Gasteiger partial charge on any atom is 0.125 e. The standard InChI is InChI=1S/C16H22O2/c17-15-11-13(10-12-6-2-1-3-7-12)18-16-9-5-4-8-14(15)16/h4-5,8-9,12-13,15,17H,1-3,6-7,10-11H2/t13?,15-/m0/s1. The van der Waals surface area contributed by atoms with E-state index in [1.807, 2.05) is 24.3 Å². The largest absolute Gasteiger partial charge is 0.490 e. The first-order valence-corrected chi connectivity index (χ1v) is 7.26. The normalized spacial score (nSPS) is 28.5. The first-order valence-electron chi connectivity index (χ1n) is 7.26. The Morgan fingerprint density at radius 2 is 1.89 bits per heavy atom. The molecule has 0 saturated heterocycles. The van der Waals surface area contributed by atoms with E-state index in [1.54, 1.807) is 0 Å². The van der Waals surface area contributed by atoms with Gasteiger partial charge in [0.15, 0.2) is 0 Å². The van der Waals surface area contributed by atoms with E-state index >= 15 is 0 Å². The molecular formula is C16H22O2. The molecule has 0 radical (unpaired) electrons. The molecule has 1 aromatic carbocycles. The molecule has 1 unspecified atom stereocenters. The second-order valence-corrected chi connectivity index (χ2v) is 5.77. The Morgan fingerprint density at radius 1 is 1.11 bits per heavy atom. The fourth-order valence-corrected chi connectivity index (χ4v) is 3.41. The van der Waals surface area contributed by atoms with Gasteiger partial charge in [-0.25, -0.2) is 0 Å². The molecule has 0 aromatic heterocycles. The molecule has 0 amide bonds. The number of fused-ring (bicyclic) bond motifs is 1. The molecule has 1 aliphatic heterocycles. The molecule has 0 bridgehead atoms. The van der Waals surface area contributed by atoms with Gasteiger partial charge in [-0.1, -0.05) is 50.3 Å². The lowest BCUT2D eigenvalue weighted by Gasteiger charge is -2.33. The molecule has 98 valence electrons. The van der Waals surface area contributed by atoms with Crippen LogP contribution in [0.5, 0.6) is 5.75 Å². The Labute approximate surface area is 109 Å². The Kier molecular flexibility index (Phi) is 3.55. The Morgan fingerprint density at radius 3 is 2.72 bits per heavy atom. The fourth-order valence-electron chi connectivity index (χ4n) is 3.41. The average molecular weight is 246 g/mol. The molecule has 18 heavy (non-hydrogen) atoms. The van der Waals surface area contributed by atoms with E-state index in [2.05, 4.69) is 0 Å². The van der Waals surface area contributed by atoms with Gasteiger partial charge in [0.2, 0.25) is 0 Å². The van der Waals surface area contributed by atoms with Gasteiger partial charge in [-0.3, -0.25) is 0 Å². The average Bonchev–Trinajstić information content (AvgIpc) is 2.40. The van der Waals surface area contributed by atoms with E-state index < -0.39 is 0 Å². The number of benzene rings is 1. The highest BCUT2D eigenvalue weighted by atomic mass is 16.5. The van der Waals surface area contributed by atoms with Gasteiger partial charge < -0.3 is 9.84 Å². The van der Waals surface area contributed by atoms with E-state index in [1.165, 1.54) is 32.1 Å². The van der Waals surface area contributed by atoms with Gasteiger partial charge in [0, 0.05) is 12.0 Å². The summed E-state index contributed by atoms with van der Waals surface area (Å²) in [5, 5.41) is 10.2. The molecule has 1 aliphatic carbocycles. The van der Waals surface area contributed by atoms with Crippen LogP contribution in [0.1, 0.15) is 56.6 Å². The van der Waals surface area contributed by atoms with E-state index in [9.17, 15) is 5.11 Å². The van der Waals surface area contributed by atoms with Crippen molar-refractivity contribution in [1.82, 2.24) is 0 Å². The molecule has 2 aliphatic rings. The third kappa shape index (κ3) is 2.54. The maximum atomic E-state index is 10.2. The van der Waals surface area contributed by atoms with E-state index in [0.717, 1.165) is 30.1 Å². The van der Waals surface area contributed by atoms with Gasteiger partial charge in [0.1, 0.15) is 11.9 Å². The van der Waals surface area contributed by atoms with Crippen molar-refractivity contribution in [3.8, 4) is 5.75 Å². The lowest BCUT2D eigenvalue weighted by molar-refractivity contribution is 0.0494. The number of aliphatic hydroxyl groups is 1. The molecule has 1 saturated carbocycles. The molecule has 0 spiro atoms. The number of rotatable bonds is 2. The minimum Gasteiger partial charge on any atom is -0.490 e. The molecule has 2 atom stereocenters. The van der Waals surface area contributed by atoms with Gasteiger partial charge in [0.25, 0.3) is 0 Å². The molecule has 3 rings (SSSR count). The van der Waals surface area contributed by atoms with Crippen LogP contribution in [0.4, 0.5) is 0 Å². The Hall–Kier alpha value is -1.02. The van der Waals surface area contributed by atoms with Gasteiger partial charge in [-0.15, -0.1) is 0 Å². The van der Waals surface area contributed by atoms with Crippen molar-refractivity contribution in [3.63, 3.8) is 0 Å². The Balaban J connectivity index is 1.66. The van der Waals surface area contributed by atoms with Gasteiger partial charge in [-0.2, -0.15) is 0 Å². The van der Waals surface area contributed by atoms with Crippen LogP contribution in [0.25, 0.3) is 0 Å². The lowest BCUT2D eigenvalue weighted by Crippen LogP contribution is -2.28. The maximum absolute atomic E-state index is 10.2. The summed E-state index contributed by atoms with van der Waals surface area (Å²) in [5.74, 6) is 1.69. The van der Waals surface area contributed by atoms with Crippen LogP contribution in [-0.4, -0.2) is 11.2 Å². The number of para-hydroxylation sites is 1. The van der Waals surface area contributed by atoms with Crippen LogP contribution < -0.4 is 4.74 Å². The molecule has 1 aromatic rings. The monoisotopic (exact) mass is 246 g/mol. The second-order valence-electron chi connectivity index (χ2n) is 5.77. The van der Waals surface area contributed by atoms with E-state index in [4.69, 9.17) is 4.74 Å². The predicted octanol–water partition coefficient (Wildman–Crippen LogP) is 3.84. The van der Waals surface area contributed by atoms with Crippen LogP contribution in [-0.2, 0) is 0 Å². The third-order valence-corrected chi connectivity index (χ3v) is 4.38. The van der Waals surface area contributed by atoms with Crippen molar-refractivity contribution < 1.29 is 9.84 Å². The topological polar surface area (TPSA) is 29.5 Å². The zero-order chi connectivity index (χ0) is 12.4. The van der Waals surface area contributed by atoms with Gasteiger partial charge >= 0.3 is 0 Å². The first-order chi connectivity index (χ1) is 8.83. The highest BCUT2D eigenvalue weighted by molar-refractivity contribution is 5.36. The fraction of sp³-hybridized carbons (Fsp3) is 0.625. The zero-order valence-electron chi connectivity index (χ0n) is 10.8. The summed E-state index contributed by atoms with van der Waals surface area (Å²) in [7, 11) is 0. The van der Waals surface area contributed by atoms with Crippen LogP contribution in [0.15, 0.2) is 24.3 Å². The van der Waals surface area contributed by atoms with Gasteiger partial charge in [0.05, 0.1) is 6.10 Å². The summed E-state index contributed by atoms with van der Waals surface area (Å²) in [4.78, 5) is 0. The van der Waals surface area contributed by atoms with Crippen LogP contribution >= 0.6 is 0 Å². The molecule has 1 fully saturated rings. The molecule has 2 nitrogen and oxygen atoms in total. The van der Waals surface area contributed by atoms with Crippen LogP contribution in [0, 0.1) is 5.92 Å². The smallest absolute Gasteiger partial charge is 0.125 e. The number of ether oxygens (including phenoxy) is 1. The molecular weight excluding hydrogens is 224 g/mol. The molecule has 1 N–H and O–H groups in total. The van der Waals surface area contributed by atoms with Gasteiger partial charge in [-0.05, 0) is 18.4 Å². The minimum absolute atomic E-state index is 0.206. The highest BCUT2D eigenvalue weighted by Crippen LogP contribution is 2.38. The zero-order valence-corrected chi connectivity index (χ0v) is 10.8. The molecule has 2 heteroatoms. The van der Waals surface area contributed by atoms with E-state index in [0.29, 0.717) is 0 Å². The number of hydrogen-bond acceptors (Lipinski definition) is 2. The van der Waals surface area contributed by atoms with Crippen molar-refractivity contribution in [2.24, 2.45) is 5.92 Å². The predicted molar refractivity (Wildman–Crippen MR) is 71.6 cm³/mol. The Bertz CT molecular complexity index is 396. The summed E-state index contributed by atoms with van der Waals surface area (Å²) in [6, 6.07) is 7.89. The third-order valence-electron chi connectivity index (χ3n) is 4.38. The first kappa shape index (κ1) is 12.0. The van der Waals surface area contributed by atoms with Crippen LogP contribution in [0.3, 0.4) is 0 Å². The summed E-state index contributed by atoms with van der Waals surface area (Å²) >= 11 is 0. The van der Waals surface area contributed by atoms with Crippen molar-refractivity contribution in [2.45, 2.75) is 57.2 Å². The quantitative estimate of drug-likeness (QED) is 0.859. The summed E-state index contributed by atoms with van der Waals surface area (Å²) < 4.78 is 6.05. The summed E-state index contributed by atoms with van der Waals surface area (Å²) in [6.45, 7) is 0. The minimum atomic E-state index is -0.344. The van der Waals surface area contributed by atoms with Crippen molar-refractivity contribution in [3.05, 3.63) is 29.8 Å². The highest BCUT2D eigenvalue weighted by Gasteiger charge is 2.28. The van der Waals surface area contributed by atoms with Crippen molar-refractivity contribution >= 4 is 0 Å². The molecule has 1 heterocycles. The summed E-state index contributed by atoms with van der Waals surface area (Å²) in [5.41, 5.74) is 0.956. The van der Waals surface area contributed by atoms with Crippen molar-refractivity contribution in [2.75, 3.05) is 0 Å².